The summed E-state index contributed by atoms with van der Waals surface area (Å²) in [6.45, 7) is 2.39. The van der Waals surface area contributed by atoms with E-state index in [9.17, 15) is 14.3 Å². The molecule has 0 spiro atoms. The fourth-order valence-electron chi connectivity index (χ4n) is 3.11. The summed E-state index contributed by atoms with van der Waals surface area (Å²) in [5, 5.41) is 1.73. The molecule has 0 bridgehead atoms. The van der Waals surface area contributed by atoms with Crippen LogP contribution in [0, 0.1) is 0 Å². The summed E-state index contributed by atoms with van der Waals surface area (Å²) in [4.78, 5) is 22.8. The van der Waals surface area contributed by atoms with Gasteiger partial charge in [-0.05, 0) is 28.8 Å². The van der Waals surface area contributed by atoms with Gasteiger partial charge >= 0.3 is 13.6 Å². The normalized spacial score (nSPS) is 13.0. The highest BCUT2D eigenvalue weighted by atomic mass is 31.2. The number of unbranched alkanes of at least 4 members (excludes halogenated alkanes) is 1. The Bertz CT molecular complexity index is 1020. The summed E-state index contributed by atoms with van der Waals surface area (Å²) in [7, 11) is -3.96. The van der Waals surface area contributed by atoms with Crippen LogP contribution in [0.5, 0.6) is 5.75 Å². The second-order valence-corrected chi connectivity index (χ2v) is 8.66. The lowest BCUT2D eigenvalue weighted by Crippen LogP contribution is -2.10. The highest BCUT2D eigenvalue weighted by Gasteiger charge is 2.25. The number of hydrogen-bond acceptors (Lipinski definition) is 4. The summed E-state index contributed by atoms with van der Waals surface area (Å²) in [6.07, 6.45) is 1.60. The van der Waals surface area contributed by atoms with Crippen molar-refractivity contribution in [2.24, 2.45) is 0 Å². The Balaban J connectivity index is 1.88. The highest BCUT2D eigenvalue weighted by molar-refractivity contribution is 7.52. The average molecular weight is 412 g/mol. The Morgan fingerprint density at radius 2 is 1.72 bits per heavy atom. The SMILES string of the molecule is CCCCOC(=O)Cc1c(OP(=O)(O)Cc2ccccc2)ccc2ccccc12. The highest BCUT2D eigenvalue weighted by Crippen LogP contribution is 2.47. The molecule has 152 valence electrons. The Kier molecular flexibility index (Phi) is 7.08. The van der Waals surface area contributed by atoms with E-state index in [4.69, 9.17) is 9.26 Å². The van der Waals surface area contributed by atoms with E-state index in [2.05, 4.69) is 0 Å². The van der Waals surface area contributed by atoms with Crippen LogP contribution in [0.25, 0.3) is 10.8 Å². The average Bonchev–Trinajstić information content (AvgIpc) is 2.70. The van der Waals surface area contributed by atoms with E-state index < -0.39 is 7.60 Å². The Morgan fingerprint density at radius 3 is 2.48 bits per heavy atom. The number of benzene rings is 3. The van der Waals surface area contributed by atoms with Crippen LogP contribution >= 0.6 is 7.60 Å². The first-order chi connectivity index (χ1) is 14.0. The molecule has 0 aliphatic rings. The molecular formula is C23H25O5P. The van der Waals surface area contributed by atoms with Gasteiger partial charge in [0.05, 0.1) is 19.2 Å². The van der Waals surface area contributed by atoms with Crippen molar-refractivity contribution in [1.82, 2.24) is 0 Å². The van der Waals surface area contributed by atoms with Crippen molar-refractivity contribution < 1.29 is 23.5 Å². The number of ether oxygens (including phenoxy) is 1. The third-order valence-corrected chi connectivity index (χ3v) is 5.79. The monoisotopic (exact) mass is 412 g/mol. The summed E-state index contributed by atoms with van der Waals surface area (Å²) >= 11 is 0. The minimum atomic E-state index is -3.96. The number of esters is 1. The summed E-state index contributed by atoms with van der Waals surface area (Å²) < 4.78 is 23.6. The minimum Gasteiger partial charge on any atom is -0.465 e. The Morgan fingerprint density at radius 1 is 1.00 bits per heavy atom. The molecule has 0 amide bonds. The molecule has 0 radical (unpaired) electrons. The maximum atomic E-state index is 12.8. The van der Waals surface area contributed by atoms with Crippen LogP contribution in [0.2, 0.25) is 0 Å². The first-order valence-corrected chi connectivity index (χ1v) is 11.5. The van der Waals surface area contributed by atoms with Gasteiger partial charge in [0, 0.05) is 5.56 Å². The number of hydrogen-bond donors (Lipinski definition) is 1. The minimum absolute atomic E-state index is 0.0221. The van der Waals surface area contributed by atoms with Crippen LogP contribution < -0.4 is 4.52 Å². The first-order valence-electron chi connectivity index (χ1n) is 9.70. The topological polar surface area (TPSA) is 72.8 Å². The molecule has 0 heterocycles. The van der Waals surface area contributed by atoms with Crippen molar-refractivity contribution in [3.05, 3.63) is 77.9 Å². The maximum Gasteiger partial charge on any atom is 0.380 e. The van der Waals surface area contributed by atoms with E-state index in [1.54, 1.807) is 18.2 Å². The third kappa shape index (κ3) is 5.93. The molecule has 0 aliphatic carbocycles. The molecule has 3 rings (SSSR count). The van der Waals surface area contributed by atoms with Crippen LogP contribution in [-0.4, -0.2) is 17.5 Å². The van der Waals surface area contributed by atoms with Gasteiger partial charge in [0.1, 0.15) is 5.75 Å². The van der Waals surface area contributed by atoms with Crippen LogP contribution in [0.3, 0.4) is 0 Å². The molecule has 0 fully saturated rings. The summed E-state index contributed by atoms with van der Waals surface area (Å²) in [5.41, 5.74) is 1.27. The lowest BCUT2D eigenvalue weighted by molar-refractivity contribution is -0.142. The van der Waals surface area contributed by atoms with Crippen LogP contribution in [0.15, 0.2) is 66.7 Å². The molecule has 29 heavy (non-hydrogen) atoms. The van der Waals surface area contributed by atoms with Gasteiger partial charge in [-0.2, -0.15) is 0 Å². The smallest absolute Gasteiger partial charge is 0.380 e. The lowest BCUT2D eigenvalue weighted by atomic mass is 10.0. The van der Waals surface area contributed by atoms with E-state index in [0.29, 0.717) is 17.7 Å². The lowest BCUT2D eigenvalue weighted by Gasteiger charge is -2.18. The molecule has 0 saturated carbocycles. The number of rotatable bonds is 9. The van der Waals surface area contributed by atoms with Gasteiger partial charge in [-0.1, -0.05) is 74.0 Å². The van der Waals surface area contributed by atoms with Crippen molar-refractivity contribution in [3.63, 3.8) is 0 Å². The maximum absolute atomic E-state index is 12.8. The Hall–Kier alpha value is -2.62. The number of carbonyl (C=O) groups excluding carboxylic acids is 1. The van der Waals surface area contributed by atoms with Gasteiger partial charge in [0.25, 0.3) is 0 Å². The molecular weight excluding hydrogens is 387 g/mol. The summed E-state index contributed by atoms with van der Waals surface area (Å²) in [5.74, 6) is -0.145. The second-order valence-electron chi connectivity index (χ2n) is 6.89. The van der Waals surface area contributed by atoms with Gasteiger partial charge in [0.15, 0.2) is 0 Å². The fraction of sp³-hybridized carbons (Fsp3) is 0.261. The van der Waals surface area contributed by atoms with Crippen LogP contribution in [-0.2, 0) is 26.7 Å². The number of carbonyl (C=O) groups is 1. The first kappa shape index (κ1) is 21.1. The summed E-state index contributed by atoms with van der Waals surface area (Å²) in [6, 6.07) is 20.0. The predicted molar refractivity (Wildman–Crippen MR) is 114 cm³/mol. The quantitative estimate of drug-likeness (QED) is 0.286. The van der Waals surface area contributed by atoms with Crippen molar-refractivity contribution in [2.45, 2.75) is 32.3 Å². The Labute approximate surface area is 170 Å². The van der Waals surface area contributed by atoms with Crippen molar-refractivity contribution in [2.75, 3.05) is 6.61 Å². The fourth-order valence-corrected chi connectivity index (χ4v) is 4.32. The molecule has 1 atom stereocenters. The molecule has 5 nitrogen and oxygen atoms in total. The van der Waals surface area contributed by atoms with E-state index >= 15 is 0 Å². The van der Waals surface area contributed by atoms with Crippen LogP contribution in [0.1, 0.15) is 30.9 Å². The molecule has 0 aromatic heterocycles. The van der Waals surface area contributed by atoms with Gasteiger partial charge in [-0.15, -0.1) is 0 Å². The molecule has 1 unspecified atom stereocenters. The largest absolute Gasteiger partial charge is 0.465 e. The van der Waals surface area contributed by atoms with E-state index in [-0.39, 0.29) is 24.3 Å². The molecule has 0 aliphatic heterocycles. The van der Waals surface area contributed by atoms with Gasteiger partial charge in [0.2, 0.25) is 0 Å². The van der Waals surface area contributed by atoms with E-state index in [1.165, 1.54) is 0 Å². The molecule has 0 saturated heterocycles. The van der Waals surface area contributed by atoms with E-state index in [0.717, 1.165) is 23.6 Å². The zero-order valence-corrected chi connectivity index (χ0v) is 17.3. The van der Waals surface area contributed by atoms with Crippen molar-refractivity contribution >= 4 is 24.3 Å². The zero-order chi connectivity index (χ0) is 20.7. The van der Waals surface area contributed by atoms with Crippen molar-refractivity contribution in [3.8, 4) is 5.75 Å². The van der Waals surface area contributed by atoms with Crippen molar-refractivity contribution in [1.29, 1.82) is 0 Å². The molecule has 3 aromatic rings. The zero-order valence-electron chi connectivity index (χ0n) is 16.4. The van der Waals surface area contributed by atoms with Crippen LogP contribution in [0.4, 0.5) is 0 Å². The van der Waals surface area contributed by atoms with E-state index in [1.807, 2.05) is 55.5 Å². The molecule has 1 N–H and O–H groups in total. The van der Waals surface area contributed by atoms with Gasteiger partial charge in [-0.25, -0.2) is 4.57 Å². The second kappa shape index (κ2) is 9.73. The molecule has 6 heteroatoms. The number of fused-ring (bicyclic) bond motifs is 1. The standard InChI is InChI=1S/C23H25O5P/c1-2-3-15-27-23(24)16-21-20-12-8-7-11-19(20)13-14-22(21)28-29(25,26)17-18-9-5-4-6-10-18/h4-14H,2-3,15-17H2,1H3,(H,25,26). The van der Waals surface area contributed by atoms with Gasteiger partial charge in [-0.3, -0.25) is 4.79 Å². The third-order valence-electron chi connectivity index (χ3n) is 4.55. The predicted octanol–water partition coefficient (Wildman–Crippen LogP) is 5.49. The van der Waals surface area contributed by atoms with Gasteiger partial charge < -0.3 is 14.2 Å². The molecule has 3 aromatic carbocycles.